The Morgan fingerprint density at radius 2 is 1.52 bits per heavy atom. The summed E-state index contributed by atoms with van der Waals surface area (Å²) in [6.45, 7) is 4.35. The lowest BCUT2D eigenvalue weighted by molar-refractivity contribution is -0.143. The molecule has 13 heteroatoms. The normalized spacial score (nSPS) is 11.9. The van der Waals surface area contributed by atoms with Gasteiger partial charge in [0.25, 0.3) is 5.91 Å². The van der Waals surface area contributed by atoms with Crippen LogP contribution < -0.4 is 10.1 Å². The van der Waals surface area contributed by atoms with Crippen LogP contribution in [-0.4, -0.2) is 34.6 Å². The zero-order valence-corrected chi connectivity index (χ0v) is 23.0. The van der Waals surface area contributed by atoms with E-state index in [-0.39, 0.29) is 17.5 Å². The summed E-state index contributed by atoms with van der Waals surface area (Å²) in [6, 6.07) is 12.2. The maximum absolute atomic E-state index is 13.4. The van der Waals surface area contributed by atoms with Crippen molar-refractivity contribution in [1.29, 1.82) is 0 Å². The van der Waals surface area contributed by atoms with Crippen LogP contribution in [0, 0.1) is 0 Å². The number of halogens is 7. The molecule has 1 aromatic heterocycles. The molecule has 0 saturated carbocycles. The average Bonchev–Trinajstić information content (AvgIpc) is 3.33. The van der Waals surface area contributed by atoms with Gasteiger partial charge in [0.05, 0.1) is 22.3 Å². The highest BCUT2D eigenvalue weighted by Gasteiger charge is 2.37. The van der Waals surface area contributed by atoms with Crippen LogP contribution in [0.4, 0.5) is 36.8 Å². The van der Waals surface area contributed by atoms with Crippen LogP contribution in [-0.2, 0) is 18.9 Å². The van der Waals surface area contributed by atoms with Crippen LogP contribution in [0.2, 0.25) is 5.02 Å². The summed E-state index contributed by atoms with van der Waals surface area (Å²) < 4.78 is 87.8. The number of ether oxygens (including phenoxy) is 1. The number of nitrogens with zero attached hydrogens (tertiary/aromatic N) is 2. The number of hydrogen-bond acceptors (Lipinski definition) is 3. The van der Waals surface area contributed by atoms with Gasteiger partial charge in [-0.25, -0.2) is 4.79 Å². The van der Waals surface area contributed by atoms with Crippen molar-refractivity contribution >= 4 is 40.2 Å². The molecule has 0 aliphatic heterocycles. The first kappa shape index (κ1) is 30.8. The molecule has 0 aliphatic carbocycles. The molecule has 1 N–H and O–H groups in total. The third-order valence-electron chi connectivity index (χ3n) is 6.52. The third-order valence-corrected chi connectivity index (χ3v) is 6.89. The van der Waals surface area contributed by atoms with E-state index in [9.17, 15) is 35.9 Å². The van der Waals surface area contributed by atoms with Gasteiger partial charge in [0.15, 0.2) is 5.75 Å². The molecule has 0 saturated heterocycles. The summed E-state index contributed by atoms with van der Waals surface area (Å²) in [5.41, 5.74) is -2.98. The Kier molecular flexibility index (Phi) is 8.76. The fourth-order valence-corrected chi connectivity index (χ4v) is 4.52. The third kappa shape index (κ3) is 6.64. The fraction of sp³-hybridized carbons (Fsp3) is 0.241. The smallest absolute Gasteiger partial charge is 0.408 e. The van der Waals surface area contributed by atoms with E-state index in [0.29, 0.717) is 47.7 Å². The number of rotatable bonds is 7. The standard InChI is InChI=1S/C29H24ClF6N3O3/c1-3-38(4-2)27(41)42-24-10-9-23-21(11-12-39(23)16-17-7-5-6-8-22(17)30)25(24)37-26(40)18-13-19(28(31,32)33)15-20(14-18)29(34,35)36/h5-15H,3-4,16H2,1-2H3,(H,37,40). The summed E-state index contributed by atoms with van der Waals surface area (Å²) in [6.07, 6.45) is -9.39. The van der Waals surface area contributed by atoms with E-state index < -0.39 is 41.0 Å². The van der Waals surface area contributed by atoms with E-state index in [2.05, 4.69) is 5.32 Å². The molecule has 3 aromatic carbocycles. The number of nitrogens with one attached hydrogen (secondary N) is 1. The lowest BCUT2D eigenvalue weighted by Gasteiger charge is -2.20. The van der Waals surface area contributed by atoms with Crippen molar-refractivity contribution in [2.75, 3.05) is 18.4 Å². The monoisotopic (exact) mass is 611 g/mol. The van der Waals surface area contributed by atoms with Crippen LogP contribution in [0.1, 0.15) is 40.9 Å². The first-order valence-corrected chi connectivity index (χ1v) is 13.0. The number of carbonyl (C=O) groups is 2. The molecule has 2 amide bonds. The second-order valence-corrected chi connectivity index (χ2v) is 9.60. The van der Waals surface area contributed by atoms with Crippen molar-refractivity contribution in [2.24, 2.45) is 0 Å². The molecule has 0 unspecified atom stereocenters. The molecule has 4 aromatic rings. The zero-order valence-electron chi connectivity index (χ0n) is 22.2. The van der Waals surface area contributed by atoms with Crippen molar-refractivity contribution in [3.05, 3.63) is 94.1 Å². The molecule has 4 rings (SSSR count). The van der Waals surface area contributed by atoms with Gasteiger partial charge in [-0.1, -0.05) is 29.8 Å². The number of alkyl halides is 6. The number of aromatic nitrogens is 1. The fourth-order valence-electron chi connectivity index (χ4n) is 4.33. The highest BCUT2D eigenvalue weighted by atomic mass is 35.5. The van der Waals surface area contributed by atoms with E-state index in [4.69, 9.17) is 16.3 Å². The summed E-state index contributed by atoms with van der Waals surface area (Å²) in [4.78, 5) is 27.3. The van der Waals surface area contributed by atoms with Gasteiger partial charge in [-0.3, -0.25) is 4.79 Å². The first-order chi connectivity index (χ1) is 19.7. The number of hydrogen-bond donors (Lipinski definition) is 1. The maximum Gasteiger partial charge on any atom is 0.416 e. The van der Waals surface area contributed by atoms with Gasteiger partial charge in [-0.05, 0) is 61.9 Å². The van der Waals surface area contributed by atoms with Crippen molar-refractivity contribution in [1.82, 2.24) is 9.47 Å². The number of carbonyl (C=O) groups excluding carboxylic acids is 2. The van der Waals surface area contributed by atoms with E-state index in [1.807, 2.05) is 6.07 Å². The minimum absolute atomic E-state index is 0.0659. The Hall–Kier alpha value is -4.19. The molecular formula is C29H24ClF6N3O3. The minimum Gasteiger partial charge on any atom is -0.408 e. The molecule has 0 spiro atoms. The van der Waals surface area contributed by atoms with E-state index >= 15 is 0 Å². The van der Waals surface area contributed by atoms with Crippen LogP contribution in [0.5, 0.6) is 5.75 Å². The number of benzene rings is 3. The van der Waals surface area contributed by atoms with E-state index in [1.54, 1.807) is 54.9 Å². The van der Waals surface area contributed by atoms with Crippen molar-refractivity contribution < 1.29 is 40.7 Å². The van der Waals surface area contributed by atoms with Gasteiger partial charge in [-0.15, -0.1) is 0 Å². The highest BCUT2D eigenvalue weighted by Crippen LogP contribution is 2.38. The Morgan fingerprint density at radius 1 is 0.905 bits per heavy atom. The Labute approximate surface area is 241 Å². The van der Waals surface area contributed by atoms with Gasteiger partial charge in [-0.2, -0.15) is 26.3 Å². The number of anilines is 1. The van der Waals surface area contributed by atoms with Gasteiger partial charge < -0.3 is 19.5 Å². The predicted molar refractivity (Wildman–Crippen MR) is 146 cm³/mol. The van der Waals surface area contributed by atoms with Crippen LogP contribution in [0.3, 0.4) is 0 Å². The lowest BCUT2D eigenvalue weighted by Crippen LogP contribution is -2.33. The van der Waals surface area contributed by atoms with E-state index in [0.717, 1.165) is 5.56 Å². The van der Waals surface area contributed by atoms with Gasteiger partial charge in [0, 0.05) is 41.8 Å². The Morgan fingerprint density at radius 3 is 2.10 bits per heavy atom. The van der Waals surface area contributed by atoms with Crippen LogP contribution in [0.15, 0.2) is 66.9 Å². The molecule has 222 valence electrons. The first-order valence-electron chi connectivity index (χ1n) is 12.7. The quantitative estimate of drug-likeness (QED) is 0.213. The Bertz CT molecular complexity index is 1600. The molecule has 0 atom stereocenters. The number of fused-ring (bicyclic) bond motifs is 1. The number of amides is 2. The largest absolute Gasteiger partial charge is 0.416 e. The molecule has 0 fully saturated rings. The second-order valence-electron chi connectivity index (χ2n) is 9.20. The van der Waals surface area contributed by atoms with Crippen molar-refractivity contribution in [3.63, 3.8) is 0 Å². The van der Waals surface area contributed by atoms with E-state index in [1.165, 1.54) is 11.0 Å². The highest BCUT2D eigenvalue weighted by molar-refractivity contribution is 6.31. The maximum atomic E-state index is 13.4. The molecule has 0 bridgehead atoms. The molecule has 0 radical (unpaired) electrons. The van der Waals surface area contributed by atoms with Gasteiger partial charge in [0.1, 0.15) is 0 Å². The predicted octanol–water partition coefficient (Wildman–Crippen LogP) is 8.47. The topological polar surface area (TPSA) is 63.6 Å². The van der Waals surface area contributed by atoms with Crippen molar-refractivity contribution in [2.45, 2.75) is 32.7 Å². The van der Waals surface area contributed by atoms with Crippen LogP contribution >= 0.6 is 11.6 Å². The second kappa shape index (κ2) is 12.0. The molecular weight excluding hydrogens is 588 g/mol. The summed E-state index contributed by atoms with van der Waals surface area (Å²) in [5.74, 6) is -1.41. The lowest BCUT2D eigenvalue weighted by atomic mass is 10.0. The van der Waals surface area contributed by atoms with Gasteiger partial charge in [0.2, 0.25) is 0 Å². The SMILES string of the molecule is CCN(CC)C(=O)Oc1ccc2c(ccn2Cc2ccccc2Cl)c1NC(=O)c1cc(C(F)(F)F)cc(C(F)(F)F)c1. The summed E-state index contributed by atoms with van der Waals surface area (Å²) in [7, 11) is 0. The van der Waals surface area contributed by atoms with Crippen molar-refractivity contribution in [3.8, 4) is 5.75 Å². The van der Waals surface area contributed by atoms with Crippen LogP contribution in [0.25, 0.3) is 10.9 Å². The molecule has 6 nitrogen and oxygen atoms in total. The van der Waals surface area contributed by atoms with Gasteiger partial charge >= 0.3 is 18.4 Å². The molecule has 42 heavy (non-hydrogen) atoms. The summed E-state index contributed by atoms with van der Waals surface area (Å²) >= 11 is 6.30. The molecule has 1 heterocycles. The average molecular weight is 612 g/mol. The minimum atomic E-state index is -5.14. The molecule has 0 aliphatic rings. The summed E-state index contributed by atoms with van der Waals surface area (Å²) in [5, 5.41) is 3.21. The zero-order chi connectivity index (χ0) is 30.8. The Balaban J connectivity index is 1.81.